The van der Waals surface area contributed by atoms with Crippen molar-refractivity contribution in [2.75, 3.05) is 47.9 Å². The topological polar surface area (TPSA) is 80.7 Å². The third kappa shape index (κ3) is 5.93. The average Bonchev–Trinajstić information content (AvgIpc) is 2.91. The van der Waals surface area contributed by atoms with Crippen molar-refractivity contribution in [3.8, 4) is 11.1 Å². The van der Waals surface area contributed by atoms with E-state index in [9.17, 15) is 18.0 Å². The third-order valence-corrected chi connectivity index (χ3v) is 5.94. The fourth-order valence-corrected chi connectivity index (χ4v) is 4.32. The lowest BCUT2D eigenvalue weighted by atomic mass is 10.0. The zero-order valence-corrected chi connectivity index (χ0v) is 20.9. The van der Waals surface area contributed by atoms with Crippen LogP contribution in [0.4, 0.5) is 49.6 Å². The van der Waals surface area contributed by atoms with Crippen molar-refractivity contribution < 1.29 is 31.9 Å². The molecule has 14 heteroatoms. The Bertz CT molecular complexity index is 1340. The van der Waals surface area contributed by atoms with Gasteiger partial charge in [-0.05, 0) is 30.3 Å². The molecule has 0 unspecified atom stereocenters. The third-order valence-electron chi connectivity index (χ3n) is 5.50. The van der Waals surface area contributed by atoms with Gasteiger partial charge in [-0.2, -0.15) is 13.2 Å². The number of nitrogens with one attached hydrogen (secondary N) is 2. The summed E-state index contributed by atoms with van der Waals surface area (Å²) >= 11 is 12.2. The maximum Gasteiger partial charge on any atom is 0.406 e. The fraction of sp³-hybridized carbons (Fsp3) is 0.250. The molecule has 7 nitrogen and oxygen atoms in total. The van der Waals surface area contributed by atoms with E-state index in [1.54, 1.807) is 0 Å². The highest BCUT2D eigenvalue weighted by Crippen LogP contribution is 2.46. The number of carbonyl (C=O) groups excluding carboxylic acids is 1. The summed E-state index contributed by atoms with van der Waals surface area (Å²) in [4.78, 5) is 18.4. The molecule has 0 saturated carbocycles. The first kappa shape index (κ1) is 27.8. The van der Waals surface area contributed by atoms with Gasteiger partial charge in [0.05, 0.1) is 17.3 Å². The molecular formula is C24H20Cl2F5N5O2. The van der Waals surface area contributed by atoms with Crippen molar-refractivity contribution in [2.24, 2.45) is 0 Å². The second-order valence-corrected chi connectivity index (χ2v) is 9.07. The predicted octanol–water partition coefficient (Wildman–Crippen LogP) is 5.97. The highest BCUT2D eigenvalue weighted by molar-refractivity contribution is 6.32. The predicted molar refractivity (Wildman–Crippen MR) is 135 cm³/mol. The number of aliphatic hydroxyl groups excluding tert-OH is 1. The molecule has 0 atom stereocenters. The van der Waals surface area contributed by atoms with Gasteiger partial charge in [-0.3, -0.25) is 9.80 Å². The number of halogens is 7. The summed E-state index contributed by atoms with van der Waals surface area (Å²) in [7, 11) is 0. The maximum atomic E-state index is 15.5. The van der Waals surface area contributed by atoms with Crippen molar-refractivity contribution in [1.29, 1.82) is 0 Å². The van der Waals surface area contributed by atoms with Gasteiger partial charge in [-0.1, -0.05) is 29.3 Å². The Morgan fingerprint density at radius 2 is 1.66 bits per heavy atom. The van der Waals surface area contributed by atoms with E-state index < -0.39 is 41.9 Å². The van der Waals surface area contributed by atoms with E-state index in [1.165, 1.54) is 24.3 Å². The Kier molecular flexibility index (Phi) is 8.26. The van der Waals surface area contributed by atoms with Gasteiger partial charge >= 0.3 is 12.2 Å². The van der Waals surface area contributed by atoms with Crippen LogP contribution in [0.3, 0.4) is 0 Å². The Morgan fingerprint density at radius 3 is 2.32 bits per heavy atom. The number of pyridine rings is 1. The summed E-state index contributed by atoms with van der Waals surface area (Å²) in [6.07, 6.45) is -3.80. The molecule has 1 aromatic heterocycles. The van der Waals surface area contributed by atoms with Crippen LogP contribution < -0.4 is 20.4 Å². The minimum atomic E-state index is -4.87. The minimum Gasteiger partial charge on any atom is -0.395 e. The minimum absolute atomic E-state index is 0.0343. The van der Waals surface area contributed by atoms with Crippen LogP contribution in [0.25, 0.3) is 11.1 Å². The summed E-state index contributed by atoms with van der Waals surface area (Å²) in [5.74, 6) is -2.81. The van der Waals surface area contributed by atoms with E-state index in [2.05, 4.69) is 15.6 Å². The van der Waals surface area contributed by atoms with Crippen molar-refractivity contribution >= 4 is 52.1 Å². The molecule has 3 N–H and O–H groups in total. The number of rotatable bonds is 8. The van der Waals surface area contributed by atoms with Crippen molar-refractivity contribution in [2.45, 2.75) is 6.18 Å². The number of benzene rings is 2. The fourth-order valence-electron chi connectivity index (χ4n) is 4.00. The van der Waals surface area contributed by atoms with Gasteiger partial charge in [0, 0.05) is 47.7 Å². The van der Waals surface area contributed by atoms with Gasteiger partial charge in [0.25, 0.3) is 0 Å². The van der Waals surface area contributed by atoms with Crippen LogP contribution in [0.1, 0.15) is 0 Å². The number of hydrogen-bond acceptors (Lipinski definition) is 5. The van der Waals surface area contributed by atoms with Gasteiger partial charge in [0.15, 0.2) is 11.6 Å². The largest absolute Gasteiger partial charge is 0.406 e. The van der Waals surface area contributed by atoms with Gasteiger partial charge < -0.3 is 15.7 Å². The molecule has 1 aliphatic rings. The molecule has 0 fully saturated rings. The van der Waals surface area contributed by atoms with E-state index in [4.69, 9.17) is 28.3 Å². The standard InChI is InChI=1S/C24H20Cl2F5N5O2/c25-13-1-2-16-17-7-14(26)11-34-22(17)35(12-24(29,30)31)23(38)36(20(16)8-13)21-18(27)9-15(10-19(21)28)33-4-3-32-5-6-37/h1-2,7-11,32-33,37H,3-6,12H2. The van der Waals surface area contributed by atoms with Crippen LogP contribution in [0.5, 0.6) is 0 Å². The van der Waals surface area contributed by atoms with Crippen LogP contribution >= 0.6 is 23.2 Å². The first-order chi connectivity index (χ1) is 18.0. The zero-order chi connectivity index (χ0) is 27.6. The molecule has 0 bridgehead atoms. The maximum absolute atomic E-state index is 15.5. The monoisotopic (exact) mass is 575 g/mol. The molecule has 2 aromatic carbocycles. The molecule has 202 valence electrons. The van der Waals surface area contributed by atoms with Gasteiger partial charge in [-0.15, -0.1) is 0 Å². The summed E-state index contributed by atoms with van der Waals surface area (Å²) in [6, 6.07) is 5.78. The summed E-state index contributed by atoms with van der Waals surface area (Å²) < 4.78 is 71.7. The first-order valence-electron chi connectivity index (χ1n) is 11.2. The molecule has 0 radical (unpaired) electrons. The molecule has 0 saturated heterocycles. The molecule has 1 aliphatic heterocycles. The number of aromatic nitrogens is 1. The van der Waals surface area contributed by atoms with Crippen molar-refractivity contribution in [1.82, 2.24) is 10.3 Å². The van der Waals surface area contributed by atoms with Crippen LogP contribution in [0.15, 0.2) is 42.6 Å². The molecule has 0 spiro atoms. The number of urea groups is 1. The van der Waals surface area contributed by atoms with E-state index in [0.717, 1.165) is 18.3 Å². The molecule has 3 aromatic rings. The quantitative estimate of drug-likeness (QED) is 0.228. The van der Waals surface area contributed by atoms with Crippen LogP contribution in [-0.4, -0.2) is 55.1 Å². The lowest BCUT2D eigenvalue weighted by Crippen LogP contribution is -2.46. The number of amides is 2. The zero-order valence-electron chi connectivity index (χ0n) is 19.4. The van der Waals surface area contributed by atoms with Crippen molar-refractivity contribution in [3.05, 3.63) is 64.3 Å². The van der Waals surface area contributed by atoms with E-state index in [1.807, 2.05) is 0 Å². The Labute approximate surface area is 223 Å². The Morgan fingerprint density at radius 1 is 0.947 bits per heavy atom. The van der Waals surface area contributed by atoms with Gasteiger partial charge in [0.1, 0.15) is 18.1 Å². The number of nitrogens with zero attached hydrogens (tertiary/aromatic N) is 3. The van der Waals surface area contributed by atoms with Gasteiger partial charge in [-0.25, -0.2) is 18.6 Å². The van der Waals surface area contributed by atoms with E-state index >= 15 is 8.78 Å². The summed E-state index contributed by atoms with van der Waals surface area (Å²) in [5.41, 5.74) is -0.850. The number of aliphatic hydroxyl groups is 1. The normalized spacial score (nSPS) is 13.3. The van der Waals surface area contributed by atoms with Gasteiger partial charge in [0.2, 0.25) is 0 Å². The number of fused-ring (bicyclic) bond motifs is 3. The molecule has 2 heterocycles. The van der Waals surface area contributed by atoms with Crippen LogP contribution in [0, 0.1) is 11.6 Å². The average molecular weight is 576 g/mol. The highest BCUT2D eigenvalue weighted by atomic mass is 35.5. The van der Waals surface area contributed by atoms with Crippen LogP contribution in [-0.2, 0) is 0 Å². The van der Waals surface area contributed by atoms with E-state index in [0.29, 0.717) is 18.0 Å². The smallest absolute Gasteiger partial charge is 0.395 e. The second-order valence-electron chi connectivity index (χ2n) is 8.19. The van der Waals surface area contributed by atoms with Crippen LogP contribution in [0.2, 0.25) is 10.0 Å². The summed E-state index contributed by atoms with van der Waals surface area (Å²) in [5, 5.41) is 14.6. The molecule has 4 rings (SSSR count). The lowest BCUT2D eigenvalue weighted by molar-refractivity contribution is -0.118. The number of carbonyl (C=O) groups is 1. The first-order valence-corrected chi connectivity index (χ1v) is 11.9. The lowest BCUT2D eigenvalue weighted by Gasteiger charge is -2.29. The molecule has 38 heavy (non-hydrogen) atoms. The number of hydrogen-bond donors (Lipinski definition) is 3. The number of anilines is 4. The van der Waals surface area contributed by atoms with Crippen molar-refractivity contribution in [3.63, 3.8) is 0 Å². The molecular weight excluding hydrogens is 556 g/mol. The SMILES string of the molecule is O=C1N(CC(F)(F)F)c2ncc(Cl)cc2-c2ccc(Cl)cc2N1c1c(F)cc(NCCNCCO)cc1F. The Balaban J connectivity index is 1.86. The molecule has 0 aliphatic carbocycles. The number of alkyl halides is 3. The Hall–Kier alpha value is -3.19. The second kappa shape index (κ2) is 11.3. The highest BCUT2D eigenvalue weighted by Gasteiger charge is 2.42. The van der Waals surface area contributed by atoms with E-state index in [-0.39, 0.29) is 50.6 Å². The molecule has 2 amide bonds. The summed E-state index contributed by atoms with van der Waals surface area (Å²) in [6.45, 7) is -0.901.